The Morgan fingerprint density at radius 1 is 1.13 bits per heavy atom. The van der Waals surface area contributed by atoms with Crippen molar-refractivity contribution in [2.45, 2.75) is 20.4 Å². The van der Waals surface area contributed by atoms with Crippen LogP contribution >= 0.6 is 0 Å². The van der Waals surface area contributed by atoms with E-state index in [1.165, 1.54) is 5.56 Å². The highest BCUT2D eigenvalue weighted by Crippen LogP contribution is 2.13. The standard InChI is InChI=1S/C17H17N5O/c1-12-6-8-15(9-7-12)22-13(2)16(20-21-22)17(23)19-11-14-5-3-4-10-18-14/h3-10H,11H2,1-2H3,(H,19,23). The van der Waals surface area contributed by atoms with Crippen LogP contribution in [0.25, 0.3) is 5.69 Å². The molecule has 0 unspecified atom stereocenters. The summed E-state index contributed by atoms with van der Waals surface area (Å²) in [5.41, 5.74) is 3.86. The van der Waals surface area contributed by atoms with Gasteiger partial charge in [0.2, 0.25) is 0 Å². The van der Waals surface area contributed by atoms with Gasteiger partial charge in [0.05, 0.1) is 23.6 Å². The molecule has 0 atom stereocenters. The maximum Gasteiger partial charge on any atom is 0.274 e. The quantitative estimate of drug-likeness (QED) is 0.802. The molecule has 116 valence electrons. The van der Waals surface area contributed by atoms with Gasteiger partial charge in [-0.15, -0.1) is 5.10 Å². The van der Waals surface area contributed by atoms with Crippen molar-refractivity contribution in [3.05, 3.63) is 71.3 Å². The van der Waals surface area contributed by atoms with E-state index >= 15 is 0 Å². The second-order valence-corrected chi connectivity index (χ2v) is 5.27. The van der Waals surface area contributed by atoms with Crippen molar-refractivity contribution in [3.63, 3.8) is 0 Å². The number of aryl methyl sites for hydroxylation is 1. The number of amides is 1. The number of benzene rings is 1. The molecule has 6 nitrogen and oxygen atoms in total. The third-order valence-electron chi connectivity index (χ3n) is 3.54. The van der Waals surface area contributed by atoms with Crippen LogP contribution in [0.1, 0.15) is 27.4 Å². The molecule has 1 aromatic carbocycles. The molecule has 0 aliphatic heterocycles. The molecule has 1 N–H and O–H groups in total. The molecule has 0 fully saturated rings. The Labute approximate surface area is 134 Å². The van der Waals surface area contributed by atoms with Crippen molar-refractivity contribution < 1.29 is 4.79 Å². The molecule has 0 aliphatic carbocycles. The Bertz CT molecular complexity index is 809. The summed E-state index contributed by atoms with van der Waals surface area (Å²) < 4.78 is 1.66. The zero-order valence-corrected chi connectivity index (χ0v) is 13.0. The van der Waals surface area contributed by atoms with E-state index in [1.54, 1.807) is 10.9 Å². The van der Waals surface area contributed by atoms with Crippen LogP contribution < -0.4 is 5.32 Å². The molecule has 1 amide bonds. The number of hydrogen-bond donors (Lipinski definition) is 1. The lowest BCUT2D eigenvalue weighted by molar-refractivity contribution is 0.0944. The summed E-state index contributed by atoms with van der Waals surface area (Å²) in [5, 5.41) is 10.9. The van der Waals surface area contributed by atoms with Gasteiger partial charge < -0.3 is 5.32 Å². The third-order valence-corrected chi connectivity index (χ3v) is 3.54. The lowest BCUT2D eigenvalue weighted by Crippen LogP contribution is -2.24. The smallest absolute Gasteiger partial charge is 0.274 e. The Morgan fingerprint density at radius 2 is 1.91 bits per heavy atom. The number of carbonyl (C=O) groups excluding carboxylic acids is 1. The number of rotatable bonds is 4. The Hall–Kier alpha value is -3.02. The highest BCUT2D eigenvalue weighted by Gasteiger charge is 2.17. The maximum atomic E-state index is 12.3. The summed E-state index contributed by atoms with van der Waals surface area (Å²) in [5.74, 6) is -0.258. The normalized spacial score (nSPS) is 10.5. The average Bonchev–Trinajstić information content (AvgIpc) is 2.96. The molecule has 3 rings (SSSR count). The first-order valence-electron chi connectivity index (χ1n) is 7.32. The van der Waals surface area contributed by atoms with Gasteiger partial charge in [0.15, 0.2) is 5.69 Å². The summed E-state index contributed by atoms with van der Waals surface area (Å²) in [6.45, 7) is 4.21. The van der Waals surface area contributed by atoms with Gasteiger partial charge >= 0.3 is 0 Å². The van der Waals surface area contributed by atoms with Crippen molar-refractivity contribution >= 4 is 5.91 Å². The average molecular weight is 307 g/mol. The van der Waals surface area contributed by atoms with Gasteiger partial charge in [-0.1, -0.05) is 29.0 Å². The molecule has 0 radical (unpaired) electrons. The van der Waals surface area contributed by atoms with Crippen molar-refractivity contribution in [2.24, 2.45) is 0 Å². The van der Waals surface area contributed by atoms with E-state index in [-0.39, 0.29) is 5.91 Å². The first-order chi connectivity index (χ1) is 11.1. The van der Waals surface area contributed by atoms with Crippen LogP contribution in [-0.2, 0) is 6.54 Å². The molecule has 2 aromatic heterocycles. The number of pyridine rings is 1. The molecule has 0 aliphatic rings. The minimum atomic E-state index is -0.258. The van der Waals surface area contributed by atoms with E-state index < -0.39 is 0 Å². The largest absolute Gasteiger partial charge is 0.345 e. The van der Waals surface area contributed by atoms with Crippen molar-refractivity contribution in [1.82, 2.24) is 25.3 Å². The van der Waals surface area contributed by atoms with Crippen molar-refractivity contribution in [1.29, 1.82) is 0 Å². The molecule has 2 heterocycles. The molecule has 3 aromatic rings. The molecule has 0 spiro atoms. The monoisotopic (exact) mass is 307 g/mol. The number of aromatic nitrogens is 4. The van der Waals surface area contributed by atoms with Crippen molar-refractivity contribution in [2.75, 3.05) is 0 Å². The molecule has 0 bridgehead atoms. The number of nitrogens with one attached hydrogen (secondary N) is 1. The maximum absolute atomic E-state index is 12.3. The van der Waals surface area contributed by atoms with Crippen LogP contribution in [0.4, 0.5) is 0 Å². The Morgan fingerprint density at radius 3 is 2.61 bits per heavy atom. The van der Waals surface area contributed by atoms with Crippen LogP contribution in [0.15, 0.2) is 48.7 Å². The van der Waals surface area contributed by atoms with Gasteiger partial charge in [-0.3, -0.25) is 9.78 Å². The van der Waals surface area contributed by atoms with Gasteiger partial charge in [0, 0.05) is 6.20 Å². The summed E-state index contributed by atoms with van der Waals surface area (Å²) in [4.78, 5) is 16.5. The second-order valence-electron chi connectivity index (χ2n) is 5.27. The molecule has 0 saturated carbocycles. The van der Waals surface area contributed by atoms with Gasteiger partial charge in [-0.2, -0.15) is 0 Å². The van der Waals surface area contributed by atoms with Crippen LogP contribution in [0.2, 0.25) is 0 Å². The van der Waals surface area contributed by atoms with E-state index in [2.05, 4.69) is 20.6 Å². The molecular weight excluding hydrogens is 290 g/mol. The fourth-order valence-corrected chi connectivity index (χ4v) is 2.23. The molecule has 23 heavy (non-hydrogen) atoms. The SMILES string of the molecule is Cc1ccc(-n2nnc(C(=O)NCc3ccccn3)c2C)cc1. The molecule has 6 heteroatoms. The van der Waals surface area contributed by atoms with E-state index in [9.17, 15) is 4.79 Å². The second kappa shape index (κ2) is 6.39. The fraction of sp³-hybridized carbons (Fsp3) is 0.176. The van der Waals surface area contributed by atoms with E-state index in [0.29, 0.717) is 17.9 Å². The van der Waals surface area contributed by atoms with E-state index in [1.807, 2.05) is 56.3 Å². The van der Waals surface area contributed by atoms with Crippen LogP contribution in [0.5, 0.6) is 0 Å². The van der Waals surface area contributed by atoms with E-state index in [4.69, 9.17) is 0 Å². The first-order valence-corrected chi connectivity index (χ1v) is 7.32. The lowest BCUT2D eigenvalue weighted by atomic mass is 10.2. The summed E-state index contributed by atoms with van der Waals surface area (Å²) in [7, 11) is 0. The number of carbonyl (C=O) groups is 1. The predicted molar refractivity (Wildman–Crippen MR) is 86.2 cm³/mol. The van der Waals surface area contributed by atoms with Gasteiger partial charge in [0.1, 0.15) is 0 Å². The zero-order valence-electron chi connectivity index (χ0n) is 13.0. The highest BCUT2D eigenvalue weighted by atomic mass is 16.2. The van der Waals surface area contributed by atoms with Crippen LogP contribution in [-0.4, -0.2) is 25.9 Å². The van der Waals surface area contributed by atoms with Gasteiger partial charge in [-0.25, -0.2) is 4.68 Å². The van der Waals surface area contributed by atoms with Crippen LogP contribution in [0.3, 0.4) is 0 Å². The van der Waals surface area contributed by atoms with Crippen LogP contribution in [0, 0.1) is 13.8 Å². The number of nitrogens with zero attached hydrogens (tertiary/aromatic N) is 4. The van der Waals surface area contributed by atoms with Gasteiger partial charge in [0.25, 0.3) is 5.91 Å². The Balaban J connectivity index is 1.76. The summed E-state index contributed by atoms with van der Waals surface area (Å²) >= 11 is 0. The first kappa shape index (κ1) is 14.9. The highest BCUT2D eigenvalue weighted by molar-refractivity contribution is 5.93. The number of hydrogen-bond acceptors (Lipinski definition) is 4. The third kappa shape index (κ3) is 3.26. The topological polar surface area (TPSA) is 72.7 Å². The lowest BCUT2D eigenvalue weighted by Gasteiger charge is -2.05. The zero-order chi connectivity index (χ0) is 16.2. The minimum Gasteiger partial charge on any atom is -0.345 e. The summed E-state index contributed by atoms with van der Waals surface area (Å²) in [6.07, 6.45) is 1.69. The molecule has 0 saturated heterocycles. The molecular formula is C17H17N5O. The van der Waals surface area contributed by atoms with Gasteiger partial charge in [-0.05, 0) is 38.1 Å². The predicted octanol–water partition coefficient (Wildman–Crippen LogP) is 2.21. The fourth-order valence-electron chi connectivity index (χ4n) is 2.23. The Kier molecular flexibility index (Phi) is 4.14. The minimum absolute atomic E-state index is 0.258. The summed E-state index contributed by atoms with van der Waals surface area (Å²) in [6, 6.07) is 13.5. The van der Waals surface area contributed by atoms with E-state index in [0.717, 1.165) is 11.4 Å². The van der Waals surface area contributed by atoms with Crippen molar-refractivity contribution in [3.8, 4) is 5.69 Å².